The van der Waals surface area contributed by atoms with Crippen LogP contribution >= 0.6 is 0 Å². The molecule has 0 radical (unpaired) electrons. The molecule has 0 saturated carbocycles. The molecule has 0 aromatic heterocycles. The average Bonchev–Trinajstić information content (AvgIpc) is 2.80. The molecule has 0 spiro atoms. The average molecular weight is 429 g/mol. The molecule has 2 amide bonds. The number of carbonyl (C=O) groups excluding carboxylic acids is 2. The quantitative estimate of drug-likeness (QED) is 0.420. The Morgan fingerprint density at radius 3 is 2.29 bits per heavy atom. The molecule has 0 aliphatic carbocycles. The molecular formula is C22H27N3O6. The molecule has 0 saturated heterocycles. The highest BCUT2D eigenvalue weighted by Crippen LogP contribution is 2.28. The van der Waals surface area contributed by atoms with Crippen LogP contribution in [0.2, 0.25) is 0 Å². The first-order valence-electron chi connectivity index (χ1n) is 9.65. The topological polar surface area (TPSA) is 107 Å². The highest BCUT2D eigenvalue weighted by Gasteiger charge is 2.12. The van der Waals surface area contributed by atoms with E-state index in [0.717, 1.165) is 12.0 Å². The number of methoxy groups -OCH3 is 3. The molecule has 0 fully saturated rings. The minimum atomic E-state index is -0.472. The molecule has 31 heavy (non-hydrogen) atoms. The minimum absolute atomic E-state index is 0.238. The fraction of sp³-hybridized carbons (Fsp3) is 0.318. The number of carbonyl (C=O) groups is 2. The molecule has 0 heterocycles. The summed E-state index contributed by atoms with van der Waals surface area (Å²) in [6, 6.07) is 10.0. The zero-order chi connectivity index (χ0) is 22.6. The van der Waals surface area contributed by atoms with Gasteiger partial charge in [0.25, 0.3) is 11.8 Å². The first kappa shape index (κ1) is 23.5. The fourth-order valence-electron chi connectivity index (χ4n) is 2.55. The Bertz CT molecular complexity index is 929. The van der Waals surface area contributed by atoms with Gasteiger partial charge in [-0.2, -0.15) is 5.10 Å². The third-order valence-corrected chi connectivity index (χ3v) is 4.11. The van der Waals surface area contributed by atoms with Gasteiger partial charge in [0.15, 0.2) is 23.0 Å². The molecule has 9 heteroatoms. The highest BCUT2D eigenvalue weighted by molar-refractivity contribution is 5.97. The summed E-state index contributed by atoms with van der Waals surface area (Å²) >= 11 is 0. The predicted octanol–water partition coefficient (Wildman–Crippen LogP) is 2.38. The molecule has 9 nitrogen and oxygen atoms in total. The summed E-state index contributed by atoms with van der Waals surface area (Å²) in [6.07, 6.45) is 2.36. The molecular weight excluding hydrogens is 402 g/mol. The second kappa shape index (κ2) is 12.1. The Morgan fingerprint density at radius 2 is 1.61 bits per heavy atom. The van der Waals surface area contributed by atoms with E-state index in [4.69, 9.17) is 18.9 Å². The van der Waals surface area contributed by atoms with Crippen LogP contribution in [0, 0.1) is 0 Å². The number of nitrogens with zero attached hydrogens (tertiary/aromatic N) is 1. The molecule has 0 atom stereocenters. The number of ether oxygens (including phenoxy) is 4. The van der Waals surface area contributed by atoms with E-state index in [1.807, 2.05) is 6.92 Å². The standard InChI is InChI=1S/C22H27N3O6/c1-5-10-31-18-8-6-15(11-19(18)29-3)13-24-25-21(26)14-23-22(27)16-7-9-17(28-2)20(12-16)30-4/h6-9,11-13H,5,10,14H2,1-4H3,(H,23,27)(H,25,26)/b24-13-. The lowest BCUT2D eigenvalue weighted by Crippen LogP contribution is -2.34. The number of hydrogen-bond donors (Lipinski definition) is 2. The lowest BCUT2D eigenvalue weighted by molar-refractivity contribution is -0.120. The number of rotatable bonds is 11. The van der Waals surface area contributed by atoms with E-state index in [0.29, 0.717) is 35.2 Å². The van der Waals surface area contributed by atoms with Gasteiger partial charge in [0.1, 0.15) is 0 Å². The number of amides is 2. The van der Waals surface area contributed by atoms with Crippen LogP contribution in [0.5, 0.6) is 23.0 Å². The van der Waals surface area contributed by atoms with Crippen molar-refractivity contribution in [1.82, 2.24) is 10.7 Å². The van der Waals surface area contributed by atoms with Crippen LogP contribution in [0.4, 0.5) is 0 Å². The SMILES string of the molecule is CCCOc1ccc(/C=N\NC(=O)CNC(=O)c2ccc(OC)c(OC)c2)cc1OC. The lowest BCUT2D eigenvalue weighted by Gasteiger charge is -2.10. The van der Waals surface area contributed by atoms with Gasteiger partial charge < -0.3 is 24.3 Å². The molecule has 2 rings (SSSR count). The second-order valence-corrected chi connectivity index (χ2v) is 6.30. The molecule has 0 aliphatic heterocycles. The van der Waals surface area contributed by atoms with Crippen LogP contribution in [0.3, 0.4) is 0 Å². The van der Waals surface area contributed by atoms with Crippen LogP contribution in [-0.4, -0.2) is 52.5 Å². The van der Waals surface area contributed by atoms with Gasteiger partial charge in [-0.1, -0.05) is 6.92 Å². The number of benzene rings is 2. The Kier molecular flexibility index (Phi) is 9.15. The van der Waals surface area contributed by atoms with Gasteiger partial charge in [-0.25, -0.2) is 5.43 Å². The first-order chi connectivity index (χ1) is 15.0. The molecule has 2 N–H and O–H groups in total. The van der Waals surface area contributed by atoms with Crippen molar-refractivity contribution in [2.24, 2.45) is 5.10 Å². The monoisotopic (exact) mass is 429 g/mol. The third-order valence-electron chi connectivity index (χ3n) is 4.11. The van der Waals surface area contributed by atoms with Gasteiger partial charge in [-0.15, -0.1) is 0 Å². The van der Waals surface area contributed by atoms with Gasteiger partial charge in [0.2, 0.25) is 0 Å². The van der Waals surface area contributed by atoms with E-state index in [9.17, 15) is 9.59 Å². The van der Waals surface area contributed by atoms with E-state index in [1.54, 1.807) is 37.4 Å². The van der Waals surface area contributed by atoms with E-state index in [-0.39, 0.29) is 6.54 Å². The van der Waals surface area contributed by atoms with Gasteiger partial charge >= 0.3 is 0 Å². The summed E-state index contributed by atoms with van der Waals surface area (Å²) in [4.78, 5) is 24.2. The van der Waals surface area contributed by atoms with Gasteiger partial charge in [0, 0.05) is 5.56 Å². The highest BCUT2D eigenvalue weighted by atomic mass is 16.5. The maximum Gasteiger partial charge on any atom is 0.259 e. The van der Waals surface area contributed by atoms with Crippen LogP contribution in [-0.2, 0) is 4.79 Å². The van der Waals surface area contributed by atoms with E-state index < -0.39 is 11.8 Å². The van der Waals surface area contributed by atoms with Crippen LogP contribution in [0.25, 0.3) is 0 Å². The van der Waals surface area contributed by atoms with E-state index in [2.05, 4.69) is 15.8 Å². The molecule has 2 aromatic rings. The number of nitrogens with one attached hydrogen (secondary N) is 2. The summed E-state index contributed by atoms with van der Waals surface area (Å²) in [5.41, 5.74) is 3.42. The largest absolute Gasteiger partial charge is 0.493 e. The maximum absolute atomic E-state index is 12.2. The zero-order valence-electron chi connectivity index (χ0n) is 18.1. The summed E-state index contributed by atoms with van der Waals surface area (Å²) in [5, 5.41) is 6.42. The molecule has 2 aromatic carbocycles. The zero-order valence-corrected chi connectivity index (χ0v) is 18.1. The van der Waals surface area contributed by atoms with Gasteiger partial charge in [-0.3, -0.25) is 9.59 Å². The van der Waals surface area contributed by atoms with Crippen LogP contribution < -0.4 is 29.7 Å². The first-order valence-corrected chi connectivity index (χ1v) is 9.65. The normalized spacial score (nSPS) is 10.5. The predicted molar refractivity (Wildman–Crippen MR) is 116 cm³/mol. The van der Waals surface area contributed by atoms with Crippen molar-refractivity contribution in [2.45, 2.75) is 13.3 Å². The summed E-state index contributed by atoms with van der Waals surface area (Å²) in [5.74, 6) is 1.25. The lowest BCUT2D eigenvalue weighted by atomic mass is 10.2. The minimum Gasteiger partial charge on any atom is -0.493 e. The number of hydrogen-bond acceptors (Lipinski definition) is 7. The molecule has 0 aliphatic rings. The van der Waals surface area contributed by atoms with Crippen LogP contribution in [0.1, 0.15) is 29.3 Å². The Labute approximate surface area is 181 Å². The third kappa shape index (κ3) is 6.91. The van der Waals surface area contributed by atoms with Crippen molar-refractivity contribution in [3.8, 4) is 23.0 Å². The van der Waals surface area contributed by atoms with E-state index >= 15 is 0 Å². The van der Waals surface area contributed by atoms with Crippen LogP contribution in [0.15, 0.2) is 41.5 Å². The van der Waals surface area contributed by atoms with Crippen molar-refractivity contribution in [2.75, 3.05) is 34.5 Å². The molecule has 0 unspecified atom stereocenters. The van der Waals surface area contributed by atoms with Crippen molar-refractivity contribution < 1.29 is 28.5 Å². The van der Waals surface area contributed by atoms with Crippen molar-refractivity contribution in [3.63, 3.8) is 0 Å². The van der Waals surface area contributed by atoms with E-state index in [1.165, 1.54) is 26.5 Å². The summed E-state index contributed by atoms with van der Waals surface area (Å²) < 4.78 is 21.2. The van der Waals surface area contributed by atoms with Crippen molar-refractivity contribution >= 4 is 18.0 Å². The number of hydrazone groups is 1. The Morgan fingerprint density at radius 1 is 0.935 bits per heavy atom. The Balaban J connectivity index is 1.87. The van der Waals surface area contributed by atoms with Gasteiger partial charge in [0.05, 0.1) is 40.7 Å². The molecule has 166 valence electrons. The van der Waals surface area contributed by atoms with Crippen molar-refractivity contribution in [1.29, 1.82) is 0 Å². The summed E-state index contributed by atoms with van der Waals surface area (Å²) in [7, 11) is 4.54. The summed E-state index contributed by atoms with van der Waals surface area (Å²) in [6.45, 7) is 2.37. The fourth-order valence-corrected chi connectivity index (χ4v) is 2.55. The maximum atomic E-state index is 12.2. The van der Waals surface area contributed by atoms with Gasteiger partial charge in [-0.05, 0) is 48.4 Å². The van der Waals surface area contributed by atoms with Crippen molar-refractivity contribution in [3.05, 3.63) is 47.5 Å². The smallest absolute Gasteiger partial charge is 0.259 e. The Hall–Kier alpha value is -3.75. The molecule has 0 bridgehead atoms. The second-order valence-electron chi connectivity index (χ2n) is 6.30.